The van der Waals surface area contributed by atoms with Gasteiger partial charge in [-0.1, -0.05) is 24.3 Å². The zero-order valence-electron chi connectivity index (χ0n) is 8.56. The van der Waals surface area contributed by atoms with E-state index in [4.69, 9.17) is 4.52 Å². The Morgan fingerprint density at radius 3 is 2.40 bits per heavy atom. The third-order valence-corrected chi connectivity index (χ3v) is 2.94. The molecule has 0 fully saturated rings. The highest BCUT2D eigenvalue weighted by Gasteiger charge is 2.20. The second-order valence-corrected chi connectivity index (χ2v) is 4.29. The van der Waals surface area contributed by atoms with E-state index in [1.54, 1.807) is 6.08 Å². The standard InChI is InChI=1S/C12H14O2P/c1-3-5-11-6-8-12(9-7-11)15(13)14-10-4-2/h3-4,6-9H,1-2,5,10H2/q+1. The fourth-order valence-corrected chi connectivity index (χ4v) is 1.90. The van der Waals surface area contributed by atoms with Crippen LogP contribution in [-0.2, 0) is 15.5 Å². The largest absolute Gasteiger partial charge is 0.549 e. The first kappa shape index (κ1) is 11.8. The van der Waals surface area contributed by atoms with E-state index in [2.05, 4.69) is 13.2 Å². The predicted octanol–water partition coefficient (Wildman–Crippen LogP) is 2.99. The molecule has 0 aliphatic heterocycles. The normalized spacial score (nSPS) is 10.8. The van der Waals surface area contributed by atoms with Gasteiger partial charge in [0.05, 0.1) is 0 Å². The Balaban J connectivity index is 2.66. The molecular weight excluding hydrogens is 207 g/mol. The van der Waals surface area contributed by atoms with Crippen molar-refractivity contribution in [2.75, 3.05) is 6.61 Å². The van der Waals surface area contributed by atoms with Gasteiger partial charge < -0.3 is 0 Å². The maximum absolute atomic E-state index is 11.5. The molecule has 1 unspecified atom stereocenters. The van der Waals surface area contributed by atoms with Crippen LogP contribution in [0, 0.1) is 0 Å². The van der Waals surface area contributed by atoms with Crippen LogP contribution in [0.25, 0.3) is 0 Å². The minimum atomic E-state index is -1.75. The van der Waals surface area contributed by atoms with Crippen molar-refractivity contribution in [2.24, 2.45) is 0 Å². The van der Waals surface area contributed by atoms with Crippen LogP contribution in [0.15, 0.2) is 49.6 Å². The second-order valence-electron chi connectivity index (χ2n) is 3.00. The molecule has 2 nitrogen and oxygen atoms in total. The van der Waals surface area contributed by atoms with E-state index in [9.17, 15) is 4.57 Å². The van der Waals surface area contributed by atoms with Crippen molar-refractivity contribution < 1.29 is 9.09 Å². The van der Waals surface area contributed by atoms with Gasteiger partial charge in [-0.15, -0.1) is 17.7 Å². The van der Waals surface area contributed by atoms with Gasteiger partial charge in [-0.05, 0) is 28.7 Å². The SMILES string of the molecule is C=CCO[P+](=O)c1ccc(CC=C)cc1. The molecule has 0 bridgehead atoms. The molecule has 1 aromatic rings. The molecule has 0 aromatic heterocycles. The van der Waals surface area contributed by atoms with Gasteiger partial charge in [0.1, 0.15) is 6.61 Å². The van der Waals surface area contributed by atoms with E-state index >= 15 is 0 Å². The molecule has 1 aromatic carbocycles. The molecule has 1 atom stereocenters. The van der Waals surface area contributed by atoms with Gasteiger partial charge in [0.25, 0.3) is 0 Å². The molecule has 1 rings (SSSR count). The van der Waals surface area contributed by atoms with Crippen molar-refractivity contribution in [2.45, 2.75) is 6.42 Å². The van der Waals surface area contributed by atoms with Gasteiger partial charge in [0.2, 0.25) is 5.30 Å². The van der Waals surface area contributed by atoms with Crippen LogP contribution >= 0.6 is 8.03 Å². The molecular formula is C12H14O2P+. The molecule has 78 valence electrons. The molecule has 3 heteroatoms. The van der Waals surface area contributed by atoms with Crippen molar-refractivity contribution in [3.05, 3.63) is 55.1 Å². The van der Waals surface area contributed by atoms with E-state index in [1.165, 1.54) is 0 Å². The van der Waals surface area contributed by atoms with Gasteiger partial charge in [0.15, 0.2) is 0 Å². The summed E-state index contributed by atoms with van der Waals surface area (Å²) in [5.74, 6) is 0. The third kappa shape index (κ3) is 3.78. The Labute approximate surface area is 91.1 Å². The third-order valence-electron chi connectivity index (χ3n) is 1.84. The van der Waals surface area contributed by atoms with Crippen LogP contribution in [0.3, 0.4) is 0 Å². The van der Waals surface area contributed by atoms with Crippen LogP contribution in [0.2, 0.25) is 0 Å². The Morgan fingerprint density at radius 1 is 1.20 bits per heavy atom. The highest BCUT2D eigenvalue weighted by molar-refractivity contribution is 7.48. The van der Waals surface area contributed by atoms with Gasteiger partial charge >= 0.3 is 8.03 Å². The van der Waals surface area contributed by atoms with E-state index in [0.29, 0.717) is 11.9 Å². The van der Waals surface area contributed by atoms with E-state index in [-0.39, 0.29) is 0 Å². The summed E-state index contributed by atoms with van der Waals surface area (Å²) in [5, 5.41) is 0.708. The van der Waals surface area contributed by atoms with Crippen molar-refractivity contribution >= 4 is 13.3 Å². The lowest BCUT2D eigenvalue weighted by Gasteiger charge is -1.93. The minimum absolute atomic E-state index is 0.309. The van der Waals surface area contributed by atoms with Crippen molar-refractivity contribution in [1.29, 1.82) is 0 Å². The first-order valence-corrected chi connectivity index (χ1v) is 5.86. The predicted molar refractivity (Wildman–Crippen MR) is 63.7 cm³/mol. The summed E-state index contributed by atoms with van der Waals surface area (Å²) in [5.41, 5.74) is 1.15. The molecule has 0 saturated carbocycles. The van der Waals surface area contributed by atoms with Crippen molar-refractivity contribution in [1.82, 2.24) is 0 Å². The molecule has 0 radical (unpaired) electrons. The Hall–Kier alpha value is -1.24. The smallest absolute Gasteiger partial charge is 0.138 e. The summed E-state index contributed by atoms with van der Waals surface area (Å²) in [6.45, 7) is 7.47. The fraction of sp³-hybridized carbons (Fsp3) is 0.167. The zero-order valence-corrected chi connectivity index (χ0v) is 9.45. The number of hydrogen-bond donors (Lipinski definition) is 0. The number of rotatable bonds is 6. The molecule has 0 N–H and O–H groups in total. The molecule has 0 amide bonds. The van der Waals surface area contributed by atoms with Crippen LogP contribution in [-0.4, -0.2) is 6.61 Å². The first-order valence-electron chi connectivity index (χ1n) is 4.69. The zero-order chi connectivity index (χ0) is 11.1. The van der Waals surface area contributed by atoms with Crippen LogP contribution < -0.4 is 5.30 Å². The molecule has 0 aliphatic rings. The average Bonchev–Trinajstić information content (AvgIpc) is 2.27. The Kier molecular flexibility index (Phi) is 4.96. The van der Waals surface area contributed by atoms with Crippen molar-refractivity contribution in [3.8, 4) is 0 Å². The number of hydrogen-bond acceptors (Lipinski definition) is 2. The quantitative estimate of drug-likeness (QED) is 0.545. The van der Waals surface area contributed by atoms with Crippen LogP contribution in [0.5, 0.6) is 0 Å². The monoisotopic (exact) mass is 221 g/mol. The Morgan fingerprint density at radius 2 is 1.87 bits per heavy atom. The van der Waals surface area contributed by atoms with Crippen LogP contribution in [0.1, 0.15) is 5.56 Å². The number of allylic oxidation sites excluding steroid dienone is 1. The lowest BCUT2D eigenvalue weighted by Crippen LogP contribution is -1.98. The second kappa shape index (κ2) is 6.28. The fourth-order valence-electron chi connectivity index (χ4n) is 1.12. The van der Waals surface area contributed by atoms with Gasteiger partial charge in [-0.3, -0.25) is 0 Å². The molecule has 0 spiro atoms. The average molecular weight is 221 g/mol. The Bertz CT molecular complexity index is 354. The lowest BCUT2D eigenvalue weighted by atomic mass is 10.2. The van der Waals surface area contributed by atoms with E-state index in [1.807, 2.05) is 30.3 Å². The van der Waals surface area contributed by atoms with Gasteiger partial charge in [0, 0.05) is 0 Å². The minimum Gasteiger partial charge on any atom is -0.138 e. The maximum Gasteiger partial charge on any atom is 0.549 e. The summed E-state index contributed by atoms with van der Waals surface area (Å²) >= 11 is 0. The maximum atomic E-state index is 11.5. The first-order chi connectivity index (χ1) is 7.27. The summed E-state index contributed by atoms with van der Waals surface area (Å²) in [6, 6.07) is 7.50. The lowest BCUT2D eigenvalue weighted by molar-refractivity contribution is 0.378. The summed E-state index contributed by atoms with van der Waals surface area (Å²) in [7, 11) is -1.75. The van der Waals surface area contributed by atoms with Gasteiger partial charge in [-0.25, -0.2) is 0 Å². The van der Waals surface area contributed by atoms with Crippen molar-refractivity contribution in [3.63, 3.8) is 0 Å². The molecule has 0 heterocycles. The topological polar surface area (TPSA) is 26.3 Å². The van der Waals surface area contributed by atoms with E-state index in [0.717, 1.165) is 12.0 Å². The summed E-state index contributed by atoms with van der Waals surface area (Å²) in [4.78, 5) is 0. The summed E-state index contributed by atoms with van der Waals surface area (Å²) < 4.78 is 16.6. The van der Waals surface area contributed by atoms with E-state index < -0.39 is 8.03 Å². The van der Waals surface area contributed by atoms with Gasteiger partial charge in [-0.2, -0.15) is 0 Å². The highest BCUT2D eigenvalue weighted by atomic mass is 31.1. The highest BCUT2D eigenvalue weighted by Crippen LogP contribution is 2.21. The number of benzene rings is 1. The van der Waals surface area contributed by atoms with Crippen LogP contribution in [0.4, 0.5) is 0 Å². The molecule has 15 heavy (non-hydrogen) atoms. The molecule has 0 saturated heterocycles. The molecule has 0 aliphatic carbocycles. The summed E-state index contributed by atoms with van der Waals surface area (Å²) in [6.07, 6.45) is 4.24.